The average Bonchev–Trinajstić information content (AvgIpc) is 2.25. The zero-order valence-corrected chi connectivity index (χ0v) is 5.76. The number of likely N-dealkylation sites (N-methyl/N-ethyl adjacent to an activating group) is 1. The molecule has 8 heavy (non-hydrogen) atoms. The van der Waals surface area contributed by atoms with Gasteiger partial charge in [-0.15, -0.1) is 0 Å². The van der Waals surface area contributed by atoms with E-state index in [0.717, 1.165) is 12.1 Å². The Balaban J connectivity index is 2.33. The number of hydrogen-bond acceptors (Lipinski definition) is 1. The minimum atomic E-state index is 0.736. The van der Waals surface area contributed by atoms with E-state index in [1.807, 2.05) is 0 Å². The lowest BCUT2D eigenvalue weighted by Gasteiger charge is -1.80. The highest BCUT2D eigenvalue weighted by atomic mass is 15.3. The fourth-order valence-corrected chi connectivity index (χ4v) is 1.02. The number of nitrogens with zero attached hydrogens (tertiary/aromatic N) is 1. The summed E-state index contributed by atoms with van der Waals surface area (Å²) in [4.78, 5) is 2.33. The van der Waals surface area contributed by atoms with Crippen LogP contribution in [0.3, 0.4) is 0 Å². The molecule has 0 radical (unpaired) electrons. The van der Waals surface area contributed by atoms with Crippen molar-refractivity contribution in [3.8, 4) is 0 Å². The van der Waals surface area contributed by atoms with Gasteiger partial charge in [0, 0.05) is 12.1 Å². The molecular formula is C7H13N. The summed E-state index contributed by atoms with van der Waals surface area (Å²) in [6.45, 7) is 4.31. The molecule has 0 spiro atoms. The van der Waals surface area contributed by atoms with Gasteiger partial charge in [-0.3, -0.25) is 4.90 Å². The van der Waals surface area contributed by atoms with Crippen molar-refractivity contribution >= 4 is 0 Å². The van der Waals surface area contributed by atoms with Crippen LogP contribution in [0.15, 0.2) is 12.2 Å². The van der Waals surface area contributed by atoms with Crippen LogP contribution in [-0.4, -0.2) is 24.0 Å². The summed E-state index contributed by atoms with van der Waals surface area (Å²) in [6.07, 6.45) is 4.36. The zero-order valence-electron chi connectivity index (χ0n) is 5.76. The lowest BCUT2D eigenvalue weighted by Crippen LogP contribution is -1.87. The van der Waals surface area contributed by atoms with Crippen molar-refractivity contribution < 1.29 is 0 Å². The largest absolute Gasteiger partial charge is 0.294 e. The molecule has 3 unspecified atom stereocenters. The first-order valence-corrected chi connectivity index (χ1v) is 3.12. The molecule has 3 atom stereocenters. The molecule has 0 aromatic heterocycles. The highest BCUT2D eigenvalue weighted by Gasteiger charge is 2.37. The van der Waals surface area contributed by atoms with E-state index >= 15 is 0 Å². The molecule has 1 nitrogen and oxygen atoms in total. The number of hydrogen-bond donors (Lipinski definition) is 0. The van der Waals surface area contributed by atoms with Crippen molar-refractivity contribution in [1.82, 2.24) is 4.90 Å². The van der Waals surface area contributed by atoms with Gasteiger partial charge in [0.15, 0.2) is 0 Å². The van der Waals surface area contributed by atoms with Crippen LogP contribution in [0.5, 0.6) is 0 Å². The summed E-state index contributed by atoms with van der Waals surface area (Å²) in [6, 6.07) is 1.52. The molecule has 1 aliphatic rings. The van der Waals surface area contributed by atoms with Gasteiger partial charge in [0.25, 0.3) is 0 Å². The van der Waals surface area contributed by atoms with Gasteiger partial charge in [0.2, 0.25) is 0 Å². The summed E-state index contributed by atoms with van der Waals surface area (Å²) in [5.41, 5.74) is 0. The summed E-state index contributed by atoms with van der Waals surface area (Å²) in [5.74, 6) is 0. The van der Waals surface area contributed by atoms with Crippen LogP contribution in [0.2, 0.25) is 0 Å². The van der Waals surface area contributed by atoms with Crippen molar-refractivity contribution in [3.05, 3.63) is 12.2 Å². The Kier molecular flexibility index (Phi) is 1.39. The fraction of sp³-hybridized carbons (Fsp3) is 0.714. The second kappa shape index (κ2) is 1.90. The Morgan fingerprint density at radius 2 is 2.00 bits per heavy atom. The monoisotopic (exact) mass is 111 g/mol. The predicted octanol–water partition coefficient (Wildman–Crippen LogP) is 1.27. The quantitative estimate of drug-likeness (QED) is 0.363. The summed E-state index contributed by atoms with van der Waals surface area (Å²) >= 11 is 0. The molecule has 0 bridgehead atoms. The minimum absolute atomic E-state index is 0.736. The lowest BCUT2D eigenvalue weighted by atomic mass is 10.3. The van der Waals surface area contributed by atoms with Gasteiger partial charge >= 0.3 is 0 Å². The summed E-state index contributed by atoms with van der Waals surface area (Å²) in [7, 11) is 2.15. The molecule has 1 rings (SSSR count). The van der Waals surface area contributed by atoms with Crippen molar-refractivity contribution in [3.63, 3.8) is 0 Å². The smallest absolute Gasteiger partial charge is 0.0432 e. The maximum Gasteiger partial charge on any atom is 0.0432 e. The third kappa shape index (κ3) is 0.781. The Labute approximate surface area is 51.0 Å². The van der Waals surface area contributed by atoms with Gasteiger partial charge in [-0.2, -0.15) is 0 Å². The normalized spacial score (nSPS) is 45.6. The van der Waals surface area contributed by atoms with E-state index in [1.54, 1.807) is 0 Å². The molecule has 46 valence electrons. The van der Waals surface area contributed by atoms with Crippen LogP contribution >= 0.6 is 0 Å². The SMILES string of the molecule is CC=CC1C(C)N1C. The van der Waals surface area contributed by atoms with E-state index in [2.05, 4.69) is 37.9 Å². The summed E-state index contributed by atoms with van der Waals surface area (Å²) < 4.78 is 0. The van der Waals surface area contributed by atoms with Gasteiger partial charge in [0.1, 0.15) is 0 Å². The molecule has 0 amide bonds. The summed E-state index contributed by atoms with van der Waals surface area (Å²) in [5, 5.41) is 0. The van der Waals surface area contributed by atoms with Crippen LogP contribution in [0.4, 0.5) is 0 Å². The van der Waals surface area contributed by atoms with E-state index in [9.17, 15) is 0 Å². The van der Waals surface area contributed by atoms with E-state index < -0.39 is 0 Å². The standard InChI is InChI=1S/C7H13N/c1-4-5-7-6(2)8(7)3/h4-7H,1-3H3. The number of rotatable bonds is 1. The molecule has 0 aromatic rings. The molecule has 0 aliphatic carbocycles. The topological polar surface area (TPSA) is 3.01 Å². The van der Waals surface area contributed by atoms with Gasteiger partial charge in [-0.05, 0) is 20.9 Å². The lowest BCUT2D eigenvalue weighted by molar-refractivity contribution is 0.618. The van der Waals surface area contributed by atoms with Gasteiger partial charge in [-0.1, -0.05) is 12.2 Å². The first-order chi connectivity index (χ1) is 3.77. The molecule has 0 aromatic carbocycles. The Bertz CT molecular complexity index is 99.0. The average molecular weight is 111 g/mol. The third-order valence-corrected chi connectivity index (χ3v) is 1.91. The van der Waals surface area contributed by atoms with E-state index in [0.29, 0.717) is 0 Å². The van der Waals surface area contributed by atoms with Crippen molar-refractivity contribution in [2.45, 2.75) is 25.9 Å². The molecule has 1 saturated heterocycles. The van der Waals surface area contributed by atoms with Crippen LogP contribution in [0.25, 0.3) is 0 Å². The maximum atomic E-state index is 2.33. The van der Waals surface area contributed by atoms with Gasteiger partial charge in [0.05, 0.1) is 0 Å². The first-order valence-electron chi connectivity index (χ1n) is 3.12. The van der Waals surface area contributed by atoms with E-state index in [1.165, 1.54) is 0 Å². The van der Waals surface area contributed by atoms with Crippen molar-refractivity contribution in [1.29, 1.82) is 0 Å². The van der Waals surface area contributed by atoms with Crippen molar-refractivity contribution in [2.75, 3.05) is 7.05 Å². The second-order valence-electron chi connectivity index (χ2n) is 2.42. The molecule has 1 fully saturated rings. The Hall–Kier alpha value is -0.300. The first kappa shape index (κ1) is 5.83. The molecule has 1 aliphatic heterocycles. The van der Waals surface area contributed by atoms with Gasteiger partial charge in [-0.25, -0.2) is 0 Å². The maximum absolute atomic E-state index is 2.33. The zero-order chi connectivity index (χ0) is 6.15. The second-order valence-corrected chi connectivity index (χ2v) is 2.42. The van der Waals surface area contributed by atoms with Crippen LogP contribution in [0, 0.1) is 0 Å². The molecular weight excluding hydrogens is 98.1 g/mol. The molecule has 0 N–H and O–H groups in total. The van der Waals surface area contributed by atoms with E-state index in [-0.39, 0.29) is 0 Å². The Morgan fingerprint density at radius 3 is 2.12 bits per heavy atom. The van der Waals surface area contributed by atoms with Crippen LogP contribution < -0.4 is 0 Å². The van der Waals surface area contributed by atoms with Gasteiger partial charge < -0.3 is 0 Å². The van der Waals surface area contributed by atoms with Crippen molar-refractivity contribution in [2.24, 2.45) is 0 Å². The highest BCUT2D eigenvalue weighted by molar-refractivity contribution is 5.09. The molecule has 0 saturated carbocycles. The van der Waals surface area contributed by atoms with Crippen LogP contribution in [-0.2, 0) is 0 Å². The third-order valence-electron chi connectivity index (χ3n) is 1.91. The molecule has 1 heterocycles. The van der Waals surface area contributed by atoms with E-state index in [4.69, 9.17) is 0 Å². The molecule has 1 heteroatoms. The fourth-order valence-electron chi connectivity index (χ4n) is 1.02. The minimum Gasteiger partial charge on any atom is -0.294 e. The number of allylic oxidation sites excluding steroid dienone is 1. The van der Waals surface area contributed by atoms with Crippen LogP contribution in [0.1, 0.15) is 13.8 Å². The predicted molar refractivity (Wildman–Crippen MR) is 35.8 cm³/mol. The highest BCUT2D eigenvalue weighted by Crippen LogP contribution is 2.25. The Morgan fingerprint density at radius 1 is 1.50 bits per heavy atom.